The minimum atomic E-state index is -1.25. The molecule has 3 aromatic carbocycles. The second kappa shape index (κ2) is 11.4. The number of carboxylic acids is 1. The number of nitrogens with zero attached hydrogens (tertiary/aromatic N) is 3. The molecule has 0 unspecified atom stereocenters. The number of thioether (sulfide) groups is 1. The molecule has 0 fully saturated rings. The Hall–Kier alpha value is -4.24. The number of aromatic carboxylic acids is 1. The Balaban J connectivity index is 1.50. The fourth-order valence-electron chi connectivity index (χ4n) is 3.69. The lowest BCUT2D eigenvalue weighted by molar-refractivity contribution is -0.625. The van der Waals surface area contributed by atoms with Gasteiger partial charge in [0, 0.05) is 0 Å². The van der Waals surface area contributed by atoms with Crippen molar-refractivity contribution in [3.63, 3.8) is 0 Å². The summed E-state index contributed by atoms with van der Waals surface area (Å²) >= 11 is 1.29. The number of carboxylic acid groups (broad SMARTS) is 1. The maximum atomic E-state index is 12.5. The van der Waals surface area contributed by atoms with Crippen LogP contribution >= 0.6 is 11.8 Å². The summed E-state index contributed by atoms with van der Waals surface area (Å²) < 4.78 is 2.01. The topological polar surface area (TPSA) is 114 Å². The third kappa shape index (κ3) is 6.54. The van der Waals surface area contributed by atoms with E-state index in [-0.39, 0.29) is 22.6 Å². The van der Waals surface area contributed by atoms with Gasteiger partial charge < -0.3 is 9.90 Å². The van der Waals surface area contributed by atoms with E-state index >= 15 is 0 Å². The molecule has 0 spiro atoms. The van der Waals surface area contributed by atoms with Crippen LogP contribution < -0.4 is 15.1 Å². The van der Waals surface area contributed by atoms with Gasteiger partial charge in [-0.1, -0.05) is 74.9 Å². The van der Waals surface area contributed by atoms with Gasteiger partial charge >= 0.3 is 5.16 Å². The second-order valence-corrected chi connectivity index (χ2v) is 10.8. The van der Waals surface area contributed by atoms with Gasteiger partial charge in [0.1, 0.15) is 5.69 Å². The minimum Gasteiger partial charge on any atom is -0.545 e. The van der Waals surface area contributed by atoms with E-state index in [1.54, 1.807) is 12.1 Å². The lowest BCUT2D eigenvalue weighted by Crippen LogP contribution is -2.34. The average Bonchev–Trinajstić information content (AvgIpc) is 3.32. The molecule has 0 aliphatic heterocycles. The summed E-state index contributed by atoms with van der Waals surface area (Å²) in [6.45, 7) is 8.58. The molecule has 4 aromatic rings. The molecule has 1 amide bonds. The number of aryl methyl sites for hydroxylation is 1. The van der Waals surface area contributed by atoms with Crippen LogP contribution in [0, 0.1) is 6.92 Å². The summed E-state index contributed by atoms with van der Waals surface area (Å²) in [5, 5.41) is 23.1. The Morgan fingerprint density at radius 1 is 1.03 bits per heavy atom. The van der Waals surface area contributed by atoms with Gasteiger partial charge in [0.05, 0.1) is 28.6 Å². The van der Waals surface area contributed by atoms with E-state index in [0.29, 0.717) is 10.7 Å². The third-order valence-corrected chi connectivity index (χ3v) is 6.81. The molecule has 0 aliphatic rings. The van der Waals surface area contributed by atoms with Crippen LogP contribution in [0.25, 0.3) is 17.1 Å². The SMILES string of the molecule is Cc1ccc(-[n+]2c(SCC(=O)NN=Cc3ccc(C(=O)[O-])cc3)n[nH]c2-c2ccc(C(C)(C)C)cc2)cc1. The summed E-state index contributed by atoms with van der Waals surface area (Å²) in [4.78, 5) is 23.3. The molecule has 9 heteroatoms. The highest BCUT2D eigenvalue weighted by Crippen LogP contribution is 2.26. The normalized spacial score (nSPS) is 11.6. The number of aromatic nitrogens is 3. The molecule has 0 radical (unpaired) electrons. The molecule has 2 N–H and O–H groups in total. The van der Waals surface area contributed by atoms with Gasteiger partial charge in [-0.05, 0) is 65.1 Å². The molecule has 8 nitrogen and oxygen atoms in total. The van der Waals surface area contributed by atoms with Crippen LogP contribution in [0.15, 0.2) is 83.1 Å². The molecular formula is C29H29N5O3S. The highest BCUT2D eigenvalue weighted by atomic mass is 32.2. The summed E-state index contributed by atoms with van der Waals surface area (Å²) in [7, 11) is 0. The summed E-state index contributed by atoms with van der Waals surface area (Å²) in [6.07, 6.45) is 1.45. The summed E-state index contributed by atoms with van der Waals surface area (Å²) in [5.74, 6) is -0.632. The van der Waals surface area contributed by atoms with E-state index in [1.165, 1.54) is 35.7 Å². The van der Waals surface area contributed by atoms with Crippen molar-refractivity contribution in [2.24, 2.45) is 5.10 Å². The number of hydrogen-bond acceptors (Lipinski definition) is 6. The van der Waals surface area contributed by atoms with E-state index in [1.807, 2.05) is 35.8 Å². The first kappa shape index (κ1) is 26.8. The Labute approximate surface area is 225 Å². The predicted octanol–water partition coefficient (Wildman–Crippen LogP) is 3.57. The molecule has 0 saturated carbocycles. The molecule has 0 bridgehead atoms. The van der Waals surface area contributed by atoms with Gasteiger partial charge in [0.15, 0.2) is 0 Å². The highest BCUT2D eigenvalue weighted by Gasteiger charge is 2.25. The van der Waals surface area contributed by atoms with Gasteiger partial charge in [-0.3, -0.25) is 4.79 Å². The first-order valence-electron chi connectivity index (χ1n) is 12.1. The second-order valence-electron chi connectivity index (χ2n) is 9.84. The highest BCUT2D eigenvalue weighted by molar-refractivity contribution is 7.99. The van der Waals surface area contributed by atoms with E-state index in [4.69, 9.17) is 0 Å². The van der Waals surface area contributed by atoms with Gasteiger partial charge in [-0.15, -0.1) is 5.10 Å². The van der Waals surface area contributed by atoms with Crippen molar-refractivity contribution in [3.8, 4) is 17.1 Å². The number of H-pyrrole nitrogens is 1. The Morgan fingerprint density at radius 2 is 1.68 bits per heavy atom. The average molecular weight is 528 g/mol. The first-order chi connectivity index (χ1) is 18.1. The number of benzene rings is 3. The maximum absolute atomic E-state index is 12.5. The summed E-state index contributed by atoms with van der Waals surface area (Å²) in [5.41, 5.74) is 7.58. The predicted molar refractivity (Wildman–Crippen MR) is 146 cm³/mol. The zero-order valence-corrected chi connectivity index (χ0v) is 22.5. The molecule has 1 heterocycles. The van der Waals surface area contributed by atoms with Crippen LogP contribution in [0.4, 0.5) is 0 Å². The number of aromatic amines is 1. The molecule has 0 atom stereocenters. The fraction of sp³-hybridized carbons (Fsp3) is 0.207. The van der Waals surface area contributed by atoms with Crippen LogP contribution in [0.1, 0.15) is 47.8 Å². The van der Waals surface area contributed by atoms with Crippen molar-refractivity contribution in [1.29, 1.82) is 0 Å². The standard InChI is InChI=1S/C29H29N5O3S/c1-19-5-15-24(16-6-19)34-26(21-11-13-23(14-12-21)29(2,3)4)32-33-28(34)38-18-25(35)31-30-17-20-7-9-22(10-8-20)27(36)37/h5-17H,18H2,1-4H3,(H2,31,35,36,37). The maximum Gasteiger partial charge on any atom is 0.342 e. The van der Waals surface area contributed by atoms with E-state index in [9.17, 15) is 14.7 Å². The van der Waals surface area contributed by atoms with Gasteiger partial charge in [-0.25, -0.2) is 5.43 Å². The molecule has 194 valence electrons. The fourth-order valence-corrected chi connectivity index (χ4v) is 4.46. The Morgan fingerprint density at radius 3 is 2.29 bits per heavy atom. The number of hydrogen-bond donors (Lipinski definition) is 2. The van der Waals surface area contributed by atoms with Crippen LogP contribution in [0.2, 0.25) is 0 Å². The van der Waals surface area contributed by atoms with Gasteiger partial charge in [-0.2, -0.15) is 9.67 Å². The molecule has 1 aromatic heterocycles. The summed E-state index contributed by atoms with van der Waals surface area (Å²) in [6, 6.07) is 22.5. The van der Waals surface area contributed by atoms with Crippen molar-refractivity contribution in [1.82, 2.24) is 15.6 Å². The monoisotopic (exact) mass is 527 g/mol. The zero-order valence-electron chi connectivity index (χ0n) is 21.7. The molecule has 38 heavy (non-hydrogen) atoms. The van der Waals surface area contributed by atoms with E-state index in [0.717, 1.165) is 22.6 Å². The number of hydrazone groups is 1. The smallest absolute Gasteiger partial charge is 0.342 e. The van der Waals surface area contributed by atoms with Crippen LogP contribution in [0.5, 0.6) is 0 Å². The van der Waals surface area contributed by atoms with Crippen molar-refractivity contribution in [2.75, 3.05) is 5.75 Å². The molecule has 0 aliphatic carbocycles. The number of carbonyl (C=O) groups excluding carboxylic acids is 2. The lowest BCUT2D eigenvalue weighted by atomic mass is 9.87. The zero-order chi connectivity index (χ0) is 27.3. The minimum absolute atomic E-state index is 0.0513. The molecule has 4 rings (SSSR count). The first-order valence-corrected chi connectivity index (χ1v) is 13.0. The lowest BCUT2D eigenvalue weighted by Gasteiger charge is -2.18. The number of rotatable bonds is 8. The van der Waals surface area contributed by atoms with Crippen LogP contribution in [0.3, 0.4) is 0 Å². The van der Waals surface area contributed by atoms with E-state index < -0.39 is 5.97 Å². The van der Waals surface area contributed by atoms with Crippen LogP contribution in [-0.4, -0.2) is 34.0 Å². The quantitative estimate of drug-likeness (QED) is 0.157. The largest absolute Gasteiger partial charge is 0.545 e. The van der Waals surface area contributed by atoms with Gasteiger partial charge in [0.25, 0.3) is 11.7 Å². The third-order valence-electron chi connectivity index (χ3n) is 5.87. The molecule has 0 saturated heterocycles. The number of carbonyl (C=O) groups is 2. The van der Waals surface area contributed by atoms with Crippen molar-refractivity contribution in [2.45, 2.75) is 38.3 Å². The van der Waals surface area contributed by atoms with Crippen LogP contribution in [-0.2, 0) is 10.2 Å². The Bertz CT molecular complexity index is 1450. The van der Waals surface area contributed by atoms with E-state index in [2.05, 4.69) is 65.8 Å². The van der Waals surface area contributed by atoms with Crippen molar-refractivity contribution >= 4 is 29.9 Å². The number of amides is 1. The molecular weight excluding hydrogens is 498 g/mol. The van der Waals surface area contributed by atoms with Crippen molar-refractivity contribution in [3.05, 3.63) is 95.1 Å². The van der Waals surface area contributed by atoms with Crippen molar-refractivity contribution < 1.29 is 19.3 Å². The van der Waals surface area contributed by atoms with Gasteiger partial charge in [0.2, 0.25) is 0 Å². The Kier molecular flexibility index (Phi) is 8.07. The number of nitrogens with one attached hydrogen (secondary N) is 2.